The number of carbonyl (C=O) groups is 16. The average Bonchev–Trinajstić information content (AvgIpc) is 0.809. The van der Waals surface area contributed by atoms with Gasteiger partial charge in [-0.2, -0.15) is 11.8 Å². The number of fused-ring (bicyclic) bond motifs is 2. The van der Waals surface area contributed by atoms with Crippen molar-refractivity contribution in [1.29, 1.82) is 0 Å². The Morgan fingerprint density at radius 3 is 1.51 bits per heavy atom. The number of phenolic OH excluding ortho intramolecular Hbond substituents is 1. The number of hydrogen-bond acceptors (Lipinski definition) is 23. The molecule has 0 fully saturated rings. The van der Waals surface area contributed by atoms with Crippen LogP contribution in [-0.4, -0.2) is 224 Å². The van der Waals surface area contributed by atoms with E-state index < -0.39 is 191 Å². The summed E-state index contributed by atoms with van der Waals surface area (Å²) in [4.78, 5) is 225. The van der Waals surface area contributed by atoms with Crippen molar-refractivity contribution in [3.05, 3.63) is 89.5 Å². The van der Waals surface area contributed by atoms with Gasteiger partial charge in [0, 0.05) is 31.6 Å². The lowest BCUT2D eigenvalue weighted by Gasteiger charge is -2.29. The van der Waals surface area contributed by atoms with Gasteiger partial charge in [0.25, 0.3) is 11.8 Å². The van der Waals surface area contributed by atoms with Gasteiger partial charge < -0.3 is 107 Å². The molecule has 1 aliphatic heterocycles. The van der Waals surface area contributed by atoms with E-state index in [1.807, 2.05) is 13.8 Å². The fourth-order valence-corrected chi connectivity index (χ4v) is 13.3. The molecule has 0 aromatic heterocycles. The van der Waals surface area contributed by atoms with Crippen LogP contribution in [0, 0.1) is 23.7 Å². The Bertz CT molecular complexity index is 3980. The van der Waals surface area contributed by atoms with E-state index in [0.717, 1.165) is 6.07 Å². The number of benzene rings is 3. The molecular formula is C83H130N20O18S. The predicted octanol–water partition coefficient (Wildman–Crippen LogP) is -1.16. The van der Waals surface area contributed by atoms with E-state index in [2.05, 4.69) is 85.3 Å². The van der Waals surface area contributed by atoms with Crippen molar-refractivity contribution < 1.29 is 86.6 Å². The second kappa shape index (κ2) is 54.4. The summed E-state index contributed by atoms with van der Waals surface area (Å²) in [6.45, 7) is 15.1. The first-order valence-corrected chi connectivity index (χ1v) is 43.1. The molecule has 0 aliphatic carbocycles. The largest absolute Gasteiger partial charge is 0.508 e. The Morgan fingerprint density at radius 2 is 0.951 bits per heavy atom. The van der Waals surface area contributed by atoms with Crippen LogP contribution in [0.4, 0.5) is 5.69 Å². The second-order valence-corrected chi connectivity index (χ2v) is 32.2. The zero-order valence-corrected chi connectivity index (χ0v) is 72.6. The molecule has 38 nitrogen and oxygen atoms in total. The van der Waals surface area contributed by atoms with E-state index in [1.54, 1.807) is 78.1 Å². The smallest absolute Gasteiger partial charge is 0.313 e. The van der Waals surface area contributed by atoms with Gasteiger partial charge in [0.1, 0.15) is 71.9 Å². The minimum atomic E-state index is -1.55. The molecule has 3 aromatic rings. The number of methoxy groups -OCH3 is 1. The number of unbranched alkanes of at least 4 members (excludes halogenated alkanes) is 2. The first-order valence-electron chi connectivity index (χ1n) is 41.7. The van der Waals surface area contributed by atoms with Crippen molar-refractivity contribution >= 4 is 112 Å². The van der Waals surface area contributed by atoms with Crippen molar-refractivity contribution in [3.8, 4) is 11.5 Å². The van der Waals surface area contributed by atoms with E-state index in [1.165, 1.54) is 62.2 Å². The molecule has 25 N–H and O–H groups in total. The molecule has 4 rings (SSSR count). The highest BCUT2D eigenvalue weighted by Crippen LogP contribution is 2.24. The number of hydrogen-bond donors (Lipinski definition) is 21. The van der Waals surface area contributed by atoms with Gasteiger partial charge in [-0.15, -0.1) is 0 Å². The molecule has 676 valence electrons. The maximum absolute atomic E-state index is 14.4. The van der Waals surface area contributed by atoms with E-state index in [-0.39, 0.29) is 119 Å². The van der Waals surface area contributed by atoms with Crippen LogP contribution in [0.25, 0.3) is 0 Å². The summed E-state index contributed by atoms with van der Waals surface area (Å²) in [5, 5.41) is 47.2. The number of nitrogens with one attached hydrogen (secondary N) is 16. The van der Waals surface area contributed by atoms with E-state index in [0.29, 0.717) is 55.4 Å². The third-order valence-electron chi connectivity index (χ3n) is 20.5. The molecule has 16 amide bonds. The Labute approximate surface area is 717 Å². The van der Waals surface area contributed by atoms with Gasteiger partial charge in [-0.25, -0.2) is 0 Å². The molecule has 3 aromatic carbocycles. The van der Waals surface area contributed by atoms with E-state index >= 15 is 0 Å². The van der Waals surface area contributed by atoms with Crippen LogP contribution in [0.1, 0.15) is 174 Å². The molecule has 122 heavy (non-hydrogen) atoms. The van der Waals surface area contributed by atoms with Gasteiger partial charge in [-0.05, 0) is 174 Å². The Morgan fingerprint density at radius 1 is 0.467 bits per heavy atom. The number of phenols is 1. The van der Waals surface area contributed by atoms with E-state index in [4.69, 9.17) is 27.7 Å². The van der Waals surface area contributed by atoms with Crippen LogP contribution in [0.15, 0.2) is 72.8 Å². The van der Waals surface area contributed by atoms with Crippen LogP contribution < -0.4 is 113 Å². The Kier molecular flexibility index (Phi) is 46.0. The van der Waals surface area contributed by atoms with Gasteiger partial charge in [0.05, 0.1) is 31.3 Å². The summed E-state index contributed by atoms with van der Waals surface area (Å²) in [6, 6.07) is 2.59. The molecule has 0 unspecified atom stereocenters. The number of carbonyl (C=O) groups excluding carboxylic acids is 16. The third kappa shape index (κ3) is 36.0. The highest BCUT2D eigenvalue weighted by Gasteiger charge is 2.38. The van der Waals surface area contributed by atoms with Gasteiger partial charge in [0.15, 0.2) is 0 Å². The number of ether oxygens (including phenoxy) is 1. The first kappa shape index (κ1) is 103. The molecule has 0 radical (unpaired) electrons. The molecule has 1 aliphatic rings. The summed E-state index contributed by atoms with van der Waals surface area (Å²) in [6.07, 6.45) is 4.23. The van der Waals surface area contributed by atoms with Crippen molar-refractivity contribution in [2.45, 2.75) is 238 Å². The molecule has 2 bridgehead atoms. The summed E-state index contributed by atoms with van der Waals surface area (Å²) in [7, 11) is 1.24. The summed E-state index contributed by atoms with van der Waals surface area (Å²) in [5.74, 6) is -15.1. The number of rotatable bonds is 23. The van der Waals surface area contributed by atoms with Crippen LogP contribution in [0.2, 0.25) is 0 Å². The fraction of sp³-hybridized carbons (Fsp3) is 0.590. The van der Waals surface area contributed by atoms with Crippen molar-refractivity contribution in [3.63, 3.8) is 0 Å². The first-order chi connectivity index (χ1) is 58.0. The SMILES string of the molecule is CC[C@H](C)[C@@H]1NC(=O)[C@H](C)NC(=O)[C@@H](N)CCCNC(=O)[C@H](CCCCN)NC(=O)[C@H](Cc2ccc(O)cc2)NC(=O)C(=O)Nc2ccc(OC)c(c2)C(=O)NNC(=O)[C@H](Cc2ccccc2)NC(=O)[C@H](CCCCN)NC(=O)[C@@H](N)CCCNC(=O)[C@H](C(C)C)NC(=O)[C@H](CCSC)NC(=O)[C@H](CC(C)C)NC(=O)CNC(=O)[C@H]([C@@H](C)CC)NC1=O. The number of anilines is 1. The maximum atomic E-state index is 14.4. The second-order valence-electron chi connectivity index (χ2n) is 31.2. The topological polar surface area (TPSA) is 599 Å². The molecule has 39 heteroatoms. The van der Waals surface area contributed by atoms with Crippen molar-refractivity contribution in [2.75, 3.05) is 57.2 Å². The highest BCUT2D eigenvalue weighted by molar-refractivity contribution is 7.98. The third-order valence-corrected chi connectivity index (χ3v) is 21.2. The zero-order valence-electron chi connectivity index (χ0n) is 71.8. The summed E-state index contributed by atoms with van der Waals surface area (Å²) >= 11 is 1.40. The number of thioether (sulfide) groups is 1. The lowest BCUT2D eigenvalue weighted by molar-refractivity contribution is -0.138. The Hall–Kier alpha value is -11.0. The maximum Gasteiger partial charge on any atom is 0.313 e. The predicted molar refractivity (Wildman–Crippen MR) is 460 cm³/mol. The van der Waals surface area contributed by atoms with Crippen molar-refractivity contribution in [2.24, 2.45) is 46.6 Å². The van der Waals surface area contributed by atoms with Gasteiger partial charge in [-0.3, -0.25) is 87.6 Å². The van der Waals surface area contributed by atoms with Crippen LogP contribution >= 0.6 is 11.8 Å². The van der Waals surface area contributed by atoms with Gasteiger partial charge in [-0.1, -0.05) is 111 Å². The van der Waals surface area contributed by atoms with Gasteiger partial charge in [0.2, 0.25) is 70.9 Å². The Balaban J connectivity index is 1.70. The minimum absolute atomic E-state index is 0.0120. The quantitative estimate of drug-likeness (QED) is 0.0393. The van der Waals surface area contributed by atoms with Crippen LogP contribution in [-0.2, 0) is 84.8 Å². The molecular weight excluding hydrogens is 1600 g/mol. The normalized spacial score (nSPS) is 24.1. The standard InChI is InChI=1S/C83H130N20O18S/c1-12-48(7)67-80(117)90-45-65(105)93-61(41-46(3)4)76(113)96-60(35-40-122-11)75(112)99-66(47(5)6)79(116)89-39-22-26-57(87)72(109)94-59(28-18-20-37-85)74(111)97-63(42-51-23-15-14-16-24-51)78(115)103-102-70(107)55-44-53(31-34-64(55)121-10)92-82(119)83(120)98-62(43-52-29-32-54(104)33-30-52)77(114)95-58(27-17-19-36-84)73(110)88-38-21-25-56(86)71(108)91-50(9)69(106)100-68(49(8)13-2)81(118)101-67/h14-16,23-24,29-34,44,46-50,56-63,66-68,104H,12-13,17-22,25-28,35-43,45,84-87H2,1-11H3,(H,88,110)(H,89,116)(H,90,117)(H,91,108)(H,92,119)(H,93,105)(H,94,109)(H,95,114)(H,96,113)(H,97,111)(H,98,120)(H,99,112)(H,100,106)(H,101,118)(H,102,107)(H,103,115)/t48-,49-,50-,56-,57-,58-,59-,60-,61-,62-,63-,66-,67-,68-/m0/s1. The molecule has 1 heterocycles. The lowest BCUT2D eigenvalue weighted by atomic mass is 9.94. The number of hydrazine groups is 1. The van der Waals surface area contributed by atoms with Gasteiger partial charge >= 0.3 is 11.8 Å². The van der Waals surface area contributed by atoms with E-state index in [9.17, 15) is 81.8 Å². The summed E-state index contributed by atoms with van der Waals surface area (Å²) < 4.78 is 5.45. The van der Waals surface area contributed by atoms with Crippen LogP contribution in [0.5, 0.6) is 11.5 Å². The summed E-state index contributed by atoms with van der Waals surface area (Å²) in [5.41, 5.74) is 29.5. The molecule has 14 atom stereocenters. The number of aromatic hydroxyl groups is 1. The van der Waals surface area contributed by atoms with Crippen molar-refractivity contribution in [1.82, 2.24) is 80.0 Å². The zero-order chi connectivity index (χ0) is 90.7. The average molecular weight is 1730 g/mol. The van der Waals surface area contributed by atoms with Crippen LogP contribution in [0.3, 0.4) is 0 Å². The molecule has 0 saturated carbocycles. The number of amides is 16. The molecule has 0 spiro atoms. The lowest BCUT2D eigenvalue weighted by Crippen LogP contribution is -2.60. The minimum Gasteiger partial charge on any atom is -0.508 e. The number of nitrogens with two attached hydrogens (primary N) is 4. The monoisotopic (exact) mass is 1730 g/mol. The highest BCUT2D eigenvalue weighted by atomic mass is 32.2. The fourth-order valence-electron chi connectivity index (χ4n) is 12.8. The molecule has 0 saturated heterocycles.